The molecule has 2 aromatic carbocycles. The Labute approximate surface area is 118 Å². The normalized spacial score (nSPS) is 11.3. The first-order chi connectivity index (χ1) is 9.29. The van der Waals surface area contributed by atoms with E-state index in [4.69, 9.17) is 5.73 Å². The van der Waals surface area contributed by atoms with Crippen molar-refractivity contribution in [3.8, 4) is 5.75 Å². The van der Waals surface area contributed by atoms with Crippen molar-refractivity contribution in [3.05, 3.63) is 47.5 Å². The Balaban J connectivity index is 2.41. The van der Waals surface area contributed by atoms with Crippen molar-refractivity contribution in [2.24, 2.45) is 0 Å². The van der Waals surface area contributed by atoms with E-state index in [0.717, 1.165) is 5.56 Å². The van der Waals surface area contributed by atoms with Gasteiger partial charge in [0, 0.05) is 6.07 Å². The molecule has 5 nitrogen and oxygen atoms in total. The third-order valence-corrected chi connectivity index (χ3v) is 4.43. The summed E-state index contributed by atoms with van der Waals surface area (Å²) in [5.74, 6) is -0.0167. The Hall–Kier alpha value is -2.21. The Kier molecular flexibility index (Phi) is 3.59. The summed E-state index contributed by atoms with van der Waals surface area (Å²) in [7, 11) is -3.71. The number of phenolic OH excluding ortho intramolecular Hbond substituents is 1. The van der Waals surface area contributed by atoms with E-state index in [1.807, 2.05) is 6.92 Å². The van der Waals surface area contributed by atoms with Crippen LogP contribution in [0.1, 0.15) is 11.1 Å². The summed E-state index contributed by atoms with van der Waals surface area (Å²) in [6.07, 6.45) is 0. The molecule has 6 heteroatoms. The van der Waals surface area contributed by atoms with Crippen molar-refractivity contribution in [1.82, 2.24) is 0 Å². The van der Waals surface area contributed by atoms with E-state index in [1.165, 1.54) is 18.2 Å². The highest BCUT2D eigenvalue weighted by molar-refractivity contribution is 7.92. The molecule has 0 spiro atoms. The molecular formula is C14H16N2O3S. The van der Waals surface area contributed by atoms with Gasteiger partial charge in [-0.3, -0.25) is 4.72 Å². The van der Waals surface area contributed by atoms with E-state index < -0.39 is 10.0 Å². The van der Waals surface area contributed by atoms with Gasteiger partial charge in [-0.2, -0.15) is 0 Å². The smallest absolute Gasteiger partial charge is 0.262 e. The van der Waals surface area contributed by atoms with Gasteiger partial charge < -0.3 is 10.8 Å². The lowest BCUT2D eigenvalue weighted by Crippen LogP contribution is -2.15. The van der Waals surface area contributed by atoms with E-state index in [-0.39, 0.29) is 22.0 Å². The molecule has 0 amide bonds. The van der Waals surface area contributed by atoms with Crippen LogP contribution in [-0.2, 0) is 10.0 Å². The molecule has 2 rings (SSSR count). The lowest BCUT2D eigenvalue weighted by molar-refractivity contribution is 0.475. The number of nitrogens with two attached hydrogens (primary N) is 1. The SMILES string of the molecule is Cc1ccc(S(=O)(=O)Nc2ccc(O)cc2N)c(C)c1. The van der Waals surface area contributed by atoms with Gasteiger partial charge in [0.15, 0.2) is 0 Å². The fourth-order valence-electron chi connectivity index (χ4n) is 1.94. The Morgan fingerprint density at radius 2 is 1.80 bits per heavy atom. The maximum absolute atomic E-state index is 12.3. The minimum absolute atomic E-state index is 0.0167. The van der Waals surface area contributed by atoms with Crippen molar-refractivity contribution in [3.63, 3.8) is 0 Å². The molecular weight excluding hydrogens is 276 g/mol. The molecule has 0 bridgehead atoms. The second kappa shape index (κ2) is 5.05. The molecule has 2 aromatic rings. The monoisotopic (exact) mass is 292 g/mol. The molecule has 0 unspecified atom stereocenters. The van der Waals surface area contributed by atoms with Crippen LogP contribution in [0.4, 0.5) is 11.4 Å². The highest BCUT2D eigenvalue weighted by Crippen LogP contribution is 2.26. The standard InChI is InChI=1S/C14H16N2O3S/c1-9-3-6-14(10(2)7-9)20(18,19)16-13-5-4-11(17)8-12(13)15/h3-8,16-17H,15H2,1-2H3. The highest BCUT2D eigenvalue weighted by atomic mass is 32.2. The molecule has 0 heterocycles. The molecule has 0 aliphatic rings. The zero-order chi connectivity index (χ0) is 14.9. The highest BCUT2D eigenvalue weighted by Gasteiger charge is 2.18. The molecule has 0 saturated heterocycles. The van der Waals surface area contributed by atoms with Crippen molar-refractivity contribution < 1.29 is 13.5 Å². The van der Waals surface area contributed by atoms with Gasteiger partial charge in [0.2, 0.25) is 0 Å². The molecule has 0 aliphatic heterocycles. The second-order valence-corrected chi connectivity index (χ2v) is 6.30. The zero-order valence-electron chi connectivity index (χ0n) is 11.2. The third-order valence-electron chi connectivity index (χ3n) is 2.90. The predicted octanol–water partition coefficient (Wildman–Crippen LogP) is 2.39. The number of aromatic hydroxyl groups is 1. The van der Waals surface area contributed by atoms with Crippen LogP contribution in [0.15, 0.2) is 41.3 Å². The number of nitrogens with one attached hydrogen (secondary N) is 1. The van der Waals surface area contributed by atoms with Gasteiger partial charge in [0.05, 0.1) is 16.3 Å². The maximum Gasteiger partial charge on any atom is 0.262 e. The van der Waals surface area contributed by atoms with Crippen LogP contribution in [0.2, 0.25) is 0 Å². The molecule has 0 aromatic heterocycles. The summed E-state index contributed by atoms with van der Waals surface area (Å²) in [6.45, 7) is 3.64. The van der Waals surface area contributed by atoms with Crippen LogP contribution in [0.5, 0.6) is 5.75 Å². The largest absolute Gasteiger partial charge is 0.508 e. The Bertz CT molecular complexity index is 755. The number of sulfonamides is 1. The summed E-state index contributed by atoms with van der Waals surface area (Å²) < 4.78 is 27.1. The second-order valence-electron chi connectivity index (χ2n) is 4.65. The van der Waals surface area contributed by atoms with E-state index in [0.29, 0.717) is 5.56 Å². The molecule has 0 radical (unpaired) electrons. The summed E-state index contributed by atoms with van der Waals surface area (Å²) in [5.41, 5.74) is 7.74. The van der Waals surface area contributed by atoms with Gasteiger partial charge in [-0.05, 0) is 37.6 Å². The van der Waals surface area contributed by atoms with Gasteiger partial charge in [-0.1, -0.05) is 17.7 Å². The number of nitrogen functional groups attached to an aromatic ring is 1. The van der Waals surface area contributed by atoms with Gasteiger partial charge in [-0.25, -0.2) is 8.42 Å². The number of phenols is 1. The van der Waals surface area contributed by atoms with Crippen LogP contribution in [0, 0.1) is 13.8 Å². The molecule has 106 valence electrons. The number of anilines is 2. The molecule has 20 heavy (non-hydrogen) atoms. The molecule has 0 fully saturated rings. The summed E-state index contributed by atoms with van der Waals surface area (Å²) in [5, 5.41) is 9.27. The van der Waals surface area contributed by atoms with E-state index in [1.54, 1.807) is 25.1 Å². The molecule has 0 aliphatic carbocycles. The number of benzene rings is 2. The minimum atomic E-state index is -3.71. The summed E-state index contributed by atoms with van der Waals surface area (Å²) >= 11 is 0. The number of rotatable bonds is 3. The van der Waals surface area contributed by atoms with Crippen molar-refractivity contribution >= 4 is 21.4 Å². The first kappa shape index (κ1) is 14.2. The first-order valence-corrected chi connectivity index (χ1v) is 7.46. The summed E-state index contributed by atoms with van der Waals surface area (Å²) in [4.78, 5) is 0.204. The van der Waals surface area contributed by atoms with Crippen LogP contribution in [0.25, 0.3) is 0 Å². The lowest BCUT2D eigenvalue weighted by Gasteiger charge is -2.12. The fourth-order valence-corrected chi connectivity index (χ4v) is 3.26. The Morgan fingerprint density at radius 3 is 2.40 bits per heavy atom. The topological polar surface area (TPSA) is 92.4 Å². The molecule has 4 N–H and O–H groups in total. The number of hydrogen-bond donors (Lipinski definition) is 3. The van der Waals surface area contributed by atoms with Gasteiger partial charge in [0.1, 0.15) is 5.75 Å². The predicted molar refractivity (Wildman–Crippen MR) is 79.2 cm³/mol. The summed E-state index contributed by atoms with van der Waals surface area (Å²) in [6, 6.07) is 9.18. The zero-order valence-corrected chi connectivity index (χ0v) is 12.0. The van der Waals surface area contributed by atoms with Crippen LogP contribution >= 0.6 is 0 Å². The number of hydrogen-bond acceptors (Lipinski definition) is 4. The Morgan fingerprint density at radius 1 is 1.10 bits per heavy atom. The molecule has 0 saturated carbocycles. The number of aryl methyl sites for hydroxylation is 2. The van der Waals surface area contributed by atoms with Crippen LogP contribution < -0.4 is 10.5 Å². The van der Waals surface area contributed by atoms with E-state index in [9.17, 15) is 13.5 Å². The van der Waals surface area contributed by atoms with E-state index >= 15 is 0 Å². The molecule has 0 atom stereocenters. The van der Waals surface area contributed by atoms with E-state index in [2.05, 4.69) is 4.72 Å². The van der Waals surface area contributed by atoms with Crippen LogP contribution in [-0.4, -0.2) is 13.5 Å². The van der Waals surface area contributed by atoms with Crippen molar-refractivity contribution in [2.75, 3.05) is 10.5 Å². The van der Waals surface area contributed by atoms with Crippen molar-refractivity contribution in [2.45, 2.75) is 18.7 Å². The average molecular weight is 292 g/mol. The average Bonchev–Trinajstić information content (AvgIpc) is 2.32. The first-order valence-electron chi connectivity index (χ1n) is 5.98. The van der Waals surface area contributed by atoms with Gasteiger partial charge >= 0.3 is 0 Å². The van der Waals surface area contributed by atoms with Crippen LogP contribution in [0.3, 0.4) is 0 Å². The minimum Gasteiger partial charge on any atom is -0.508 e. The maximum atomic E-state index is 12.3. The lowest BCUT2D eigenvalue weighted by atomic mass is 10.2. The quantitative estimate of drug-likeness (QED) is 0.598. The van der Waals surface area contributed by atoms with Gasteiger partial charge in [0.25, 0.3) is 10.0 Å². The fraction of sp³-hybridized carbons (Fsp3) is 0.143. The van der Waals surface area contributed by atoms with Gasteiger partial charge in [-0.15, -0.1) is 0 Å². The third kappa shape index (κ3) is 2.85. The van der Waals surface area contributed by atoms with Crippen molar-refractivity contribution in [1.29, 1.82) is 0 Å².